The molecule has 0 saturated carbocycles. The van der Waals surface area contributed by atoms with E-state index in [0.29, 0.717) is 56.7 Å². The number of aliphatic imine (C=N–C) groups is 1. The standard InChI is InChI=1S/C20H26FN5O2/c1-2-22-20(24-15-19(27)23-14-16-6-5-13-28-16)26-11-9-25(10-12-26)18-8-4-3-7-17(18)21/h3-8,13H,2,9-12,14-15H2,1H3,(H,22,24)(H,23,27). The summed E-state index contributed by atoms with van der Waals surface area (Å²) in [6, 6.07) is 10.4. The van der Waals surface area contributed by atoms with Gasteiger partial charge in [-0.05, 0) is 31.2 Å². The fraction of sp³-hybridized carbons (Fsp3) is 0.400. The van der Waals surface area contributed by atoms with Crippen molar-refractivity contribution in [1.29, 1.82) is 0 Å². The van der Waals surface area contributed by atoms with Gasteiger partial charge in [0.15, 0.2) is 5.96 Å². The van der Waals surface area contributed by atoms with Gasteiger partial charge >= 0.3 is 0 Å². The SMILES string of the molecule is CCNC(=NCC(=O)NCc1ccco1)N1CCN(c2ccccc2F)CC1. The number of anilines is 1. The van der Waals surface area contributed by atoms with Crippen LogP contribution in [0.5, 0.6) is 0 Å². The number of carbonyl (C=O) groups is 1. The highest BCUT2D eigenvalue weighted by molar-refractivity contribution is 5.85. The zero-order valence-electron chi connectivity index (χ0n) is 16.0. The Balaban J connectivity index is 1.53. The van der Waals surface area contributed by atoms with Crippen LogP contribution < -0.4 is 15.5 Å². The number of piperazine rings is 1. The highest BCUT2D eigenvalue weighted by Gasteiger charge is 2.21. The lowest BCUT2D eigenvalue weighted by molar-refractivity contribution is -0.119. The van der Waals surface area contributed by atoms with Crippen molar-refractivity contribution in [2.24, 2.45) is 4.99 Å². The average molecular weight is 387 g/mol. The highest BCUT2D eigenvalue weighted by Crippen LogP contribution is 2.20. The van der Waals surface area contributed by atoms with Gasteiger partial charge in [-0.25, -0.2) is 9.38 Å². The second kappa shape index (κ2) is 9.77. The van der Waals surface area contributed by atoms with Crippen molar-refractivity contribution in [1.82, 2.24) is 15.5 Å². The van der Waals surface area contributed by atoms with E-state index in [1.54, 1.807) is 24.5 Å². The molecule has 0 bridgehead atoms. The number of nitrogens with zero attached hydrogens (tertiary/aromatic N) is 3. The van der Waals surface area contributed by atoms with E-state index in [0.717, 1.165) is 0 Å². The lowest BCUT2D eigenvalue weighted by Gasteiger charge is -2.37. The maximum atomic E-state index is 14.0. The van der Waals surface area contributed by atoms with Gasteiger partial charge in [-0.2, -0.15) is 0 Å². The van der Waals surface area contributed by atoms with Crippen molar-refractivity contribution in [2.75, 3.05) is 44.2 Å². The summed E-state index contributed by atoms with van der Waals surface area (Å²) in [5.74, 6) is 1.03. The number of hydrogen-bond acceptors (Lipinski definition) is 4. The molecular weight excluding hydrogens is 361 g/mol. The van der Waals surface area contributed by atoms with Crippen LogP contribution >= 0.6 is 0 Å². The molecule has 8 heteroatoms. The van der Waals surface area contributed by atoms with Crippen molar-refractivity contribution in [3.8, 4) is 0 Å². The largest absolute Gasteiger partial charge is 0.467 e. The summed E-state index contributed by atoms with van der Waals surface area (Å²) < 4.78 is 19.2. The number of furan rings is 1. The quantitative estimate of drug-likeness (QED) is 0.584. The Morgan fingerprint density at radius 2 is 1.93 bits per heavy atom. The zero-order chi connectivity index (χ0) is 19.8. The Labute approximate surface area is 164 Å². The fourth-order valence-corrected chi connectivity index (χ4v) is 3.09. The van der Waals surface area contributed by atoms with Crippen LogP contribution in [0.3, 0.4) is 0 Å². The Bertz CT molecular complexity index is 786. The number of para-hydroxylation sites is 1. The molecule has 0 atom stereocenters. The molecule has 1 amide bonds. The monoisotopic (exact) mass is 387 g/mol. The van der Waals surface area contributed by atoms with Crippen LogP contribution in [-0.2, 0) is 11.3 Å². The van der Waals surface area contributed by atoms with Crippen LogP contribution in [-0.4, -0.2) is 56.0 Å². The molecule has 0 radical (unpaired) electrons. The zero-order valence-corrected chi connectivity index (χ0v) is 16.0. The highest BCUT2D eigenvalue weighted by atomic mass is 19.1. The van der Waals surface area contributed by atoms with Crippen LogP contribution in [0.1, 0.15) is 12.7 Å². The molecule has 150 valence electrons. The number of guanidine groups is 1. The van der Waals surface area contributed by atoms with Crippen molar-refractivity contribution in [3.05, 3.63) is 54.2 Å². The molecule has 28 heavy (non-hydrogen) atoms. The third-order valence-corrected chi connectivity index (χ3v) is 4.52. The molecule has 3 rings (SSSR count). The van der Waals surface area contributed by atoms with Gasteiger partial charge in [0.05, 0.1) is 18.5 Å². The van der Waals surface area contributed by atoms with E-state index in [1.165, 1.54) is 6.07 Å². The summed E-state index contributed by atoms with van der Waals surface area (Å²) in [7, 11) is 0. The predicted octanol–water partition coefficient (Wildman–Crippen LogP) is 1.82. The molecule has 7 nitrogen and oxygen atoms in total. The molecule has 0 unspecified atom stereocenters. The van der Waals surface area contributed by atoms with Gasteiger partial charge < -0.3 is 24.9 Å². The normalized spacial score (nSPS) is 14.9. The number of amides is 1. The summed E-state index contributed by atoms with van der Waals surface area (Å²) in [4.78, 5) is 20.6. The molecule has 1 saturated heterocycles. The first-order valence-corrected chi connectivity index (χ1v) is 9.49. The molecule has 1 aliphatic heterocycles. The second-order valence-electron chi connectivity index (χ2n) is 6.45. The average Bonchev–Trinajstić information content (AvgIpc) is 3.24. The van der Waals surface area contributed by atoms with E-state index in [-0.39, 0.29) is 18.3 Å². The van der Waals surface area contributed by atoms with E-state index in [2.05, 4.69) is 20.5 Å². The van der Waals surface area contributed by atoms with Crippen LogP contribution in [0.2, 0.25) is 0 Å². The minimum Gasteiger partial charge on any atom is -0.467 e. The van der Waals surface area contributed by atoms with Crippen molar-refractivity contribution in [2.45, 2.75) is 13.5 Å². The Hall–Kier alpha value is -3.03. The smallest absolute Gasteiger partial charge is 0.242 e. The number of hydrogen-bond donors (Lipinski definition) is 2. The number of nitrogens with one attached hydrogen (secondary N) is 2. The summed E-state index contributed by atoms with van der Waals surface area (Å²) in [5, 5.41) is 6.01. The molecule has 1 fully saturated rings. The summed E-state index contributed by atoms with van der Waals surface area (Å²) >= 11 is 0. The summed E-state index contributed by atoms with van der Waals surface area (Å²) in [5.41, 5.74) is 0.626. The lowest BCUT2D eigenvalue weighted by Crippen LogP contribution is -2.53. The number of rotatable bonds is 6. The van der Waals surface area contributed by atoms with E-state index in [4.69, 9.17) is 4.42 Å². The van der Waals surface area contributed by atoms with E-state index >= 15 is 0 Å². The predicted molar refractivity (Wildman–Crippen MR) is 107 cm³/mol. The van der Waals surface area contributed by atoms with Gasteiger partial charge in [0.2, 0.25) is 5.91 Å². The Morgan fingerprint density at radius 1 is 1.14 bits per heavy atom. The molecule has 2 N–H and O–H groups in total. The molecule has 2 aromatic rings. The maximum Gasteiger partial charge on any atom is 0.242 e. The topological polar surface area (TPSA) is 73.1 Å². The van der Waals surface area contributed by atoms with Crippen molar-refractivity contribution in [3.63, 3.8) is 0 Å². The molecule has 0 spiro atoms. The van der Waals surface area contributed by atoms with Crippen LogP contribution in [0, 0.1) is 5.82 Å². The van der Waals surface area contributed by atoms with Gasteiger partial charge in [0, 0.05) is 32.7 Å². The molecule has 1 aromatic heterocycles. The van der Waals surface area contributed by atoms with Crippen LogP contribution in [0.25, 0.3) is 0 Å². The molecular formula is C20H26FN5O2. The minimum absolute atomic E-state index is 0.0383. The maximum absolute atomic E-state index is 14.0. The third kappa shape index (κ3) is 5.25. The van der Waals surface area contributed by atoms with Crippen molar-refractivity contribution < 1.29 is 13.6 Å². The number of halogens is 1. The summed E-state index contributed by atoms with van der Waals surface area (Å²) in [6.07, 6.45) is 1.57. The Kier molecular flexibility index (Phi) is 6.89. The second-order valence-corrected chi connectivity index (χ2v) is 6.45. The Morgan fingerprint density at radius 3 is 2.61 bits per heavy atom. The minimum atomic E-state index is -0.204. The molecule has 0 aliphatic carbocycles. The van der Waals surface area contributed by atoms with Gasteiger partial charge in [0.1, 0.15) is 18.1 Å². The molecule has 1 aromatic carbocycles. The van der Waals surface area contributed by atoms with E-state index < -0.39 is 0 Å². The van der Waals surface area contributed by atoms with Crippen LogP contribution in [0.15, 0.2) is 52.1 Å². The van der Waals surface area contributed by atoms with E-state index in [9.17, 15) is 9.18 Å². The van der Waals surface area contributed by atoms with Crippen molar-refractivity contribution >= 4 is 17.6 Å². The van der Waals surface area contributed by atoms with Gasteiger partial charge in [-0.15, -0.1) is 0 Å². The number of benzene rings is 1. The first-order valence-electron chi connectivity index (χ1n) is 9.49. The number of carbonyl (C=O) groups excluding carboxylic acids is 1. The lowest BCUT2D eigenvalue weighted by atomic mass is 10.2. The first-order chi connectivity index (χ1) is 13.7. The molecule has 2 heterocycles. The van der Waals surface area contributed by atoms with Gasteiger partial charge in [0.25, 0.3) is 0 Å². The first kappa shape index (κ1) is 19.7. The van der Waals surface area contributed by atoms with Gasteiger partial charge in [-0.1, -0.05) is 12.1 Å². The molecule has 1 aliphatic rings. The fourth-order valence-electron chi connectivity index (χ4n) is 3.09. The van der Waals surface area contributed by atoms with Crippen LogP contribution in [0.4, 0.5) is 10.1 Å². The van der Waals surface area contributed by atoms with Gasteiger partial charge in [-0.3, -0.25) is 4.79 Å². The van der Waals surface area contributed by atoms with E-state index in [1.807, 2.05) is 24.0 Å². The third-order valence-electron chi connectivity index (χ3n) is 4.52. The summed E-state index contributed by atoms with van der Waals surface area (Å²) in [6.45, 7) is 5.87.